The van der Waals surface area contributed by atoms with Crippen LogP contribution in [0.5, 0.6) is 0 Å². The van der Waals surface area contributed by atoms with E-state index in [4.69, 9.17) is 14.2 Å². The highest BCUT2D eigenvalue weighted by Crippen LogP contribution is 2.59. The molecule has 4 aliphatic rings. The van der Waals surface area contributed by atoms with Crippen LogP contribution in [0, 0.1) is 11.8 Å². The van der Waals surface area contributed by atoms with E-state index in [0.717, 1.165) is 43.4 Å². The molecule has 6 rings (SSSR count). The minimum absolute atomic E-state index is 0.0115. The van der Waals surface area contributed by atoms with Crippen LogP contribution in [0.25, 0.3) is 6.08 Å². The molecule has 0 bridgehead atoms. The fourth-order valence-corrected chi connectivity index (χ4v) is 6.86. The molecule has 1 saturated heterocycles. The van der Waals surface area contributed by atoms with Crippen molar-refractivity contribution in [2.75, 3.05) is 26.8 Å². The number of nitrogens with one attached hydrogen (secondary N) is 1. The largest absolute Gasteiger partial charge is 0.456 e. The van der Waals surface area contributed by atoms with Crippen molar-refractivity contribution in [3.8, 4) is 0 Å². The minimum Gasteiger partial charge on any atom is -0.456 e. The zero-order valence-corrected chi connectivity index (χ0v) is 28.6. The van der Waals surface area contributed by atoms with Gasteiger partial charge in [-0.3, -0.25) is 9.59 Å². The van der Waals surface area contributed by atoms with Crippen LogP contribution in [0.4, 0.5) is 13.2 Å². The van der Waals surface area contributed by atoms with Gasteiger partial charge in [0.05, 0.1) is 12.2 Å². The molecule has 14 heteroatoms. The maximum atomic E-state index is 14.2. The molecule has 2 aromatic rings. The normalized spacial score (nSPS) is 22.9. The van der Waals surface area contributed by atoms with E-state index in [-0.39, 0.29) is 54.5 Å². The van der Waals surface area contributed by atoms with Gasteiger partial charge >= 0.3 is 18.1 Å². The summed E-state index contributed by atoms with van der Waals surface area (Å²) in [5.74, 6) is -3.48. The van der Waals surface area contributed by atoms with Crippen molar-refractivity contribution in [1.29, 1.82) is 0 Å². The number of benzene rings is 2. The Hall–Kier alpha value is -4.53. The van der Waals surface area contributed by atoms with Crippen molar-refractivity contribution >= 4 is 29.8 Å². The average Bonchev–Trinajstić information content (AvgIpc) is 4.08. The number of rotatable bonds is 14. The number of carbonyl (C=O) groups is 4. The third kappa shape index (κ3) is 8.73. The molecule has 3 fully saturated rings. The lowest BCUT2D eigenvalue weighted by molar-refractivity contribution is -0.209. The summed E-state index contributed by atoms with van der Waals surface area (Å²) in [5, 5.41) is 12.0. The number of halogens is 3. The predicted octanol–water partition coefficient (Wildman–Crippen LogP) is 4.14. The predicted molar refractivity (Wildman–Crippen MR) is 179 cm³/mol. The number of likely N-dealkylation sites (N-methyl/N-ethyl adjacent to an activating group) is 1. The first-order valence-corrected chi connectivity index (χ1v) is 17.4. The van der Waals surface area contributed by atoms with Gasteiger partial charge < -0.3 is 34.3 Å². The van der Waals surface area contributed by atoms with Crippen molar-refractivity contribution in [2.45, 2.75) is 74.8 Å². The summed E-state index contributed by atoms with van der Waals surface area (Å²) in [6.07, 6.45) is 0.370. The number of hydrogen-bond donors (Lipinski definition) is 2. The van der Waals surface area contributed by atoms with Crippen LogP contribution in [0.2, 0.25) is 0 Å². The molecule has 0 unspecified atom stereocenters. The van der Waals surface area contributed by atoms with E-state index in [2.05, 4.69) is 10.1 Å². The van der Waals surface area contributed by atoms with Gasteiger partial charge in [0.15, 0.2) is 12.4 Å². The highest BCUT2D eigenvalue weighted by atomic mass is 19.4. The van der Waals surface area contributed by atoms with E-state index in [1.165, 1.54) is 24.1 Å². The van der Waals surface area contributed by atoms with Crippen molar-refractivity contribution in [3.63, 3.8) is 0 Å². The van der Waals surface area contributed by atoms with Crippen LogP contribution in [-0.2, 0) is 39.8 Å². The number of aliphatic hydroxyl groups excluding tert-OH is 1. The summed E-state index contributed by atoms with van der Waals surface area (Å²) >= 11 is 0. The Labute approximate surface area is 298 Å². The van der Waals surface area contributed by atoms with E-state index < -0.39 is 66.7 Å². The first-order valence-electron chi connectivity index (χ1n) is 17.4. The summed E-state index contributed by atoms with van der Waals surface area (Å²) in [5.41, 5.74) is 1.31. The van der Waals surface area contributed by atoms with Crippen LogP contribution in [0.15, 0.2) is 72.3 Å². The Morgan fingerprint density at radius 1 is 1.02 bits per heavy atom. The first kappa shape index (κ1) is 37.2. The van der Waals surface area contributed by atoms with E-state index in [1.54, 1.807) is 18.2 Å². The summed E-state index contributed by atoms with van der Waals surface area (Å²) in [7, 11) is 1.52. The Kier molecular flexibility index (Phi) is 11.2. The molecule has 0 radical (unpaired) electrons. The minimum atomic E-state index is -4.69. The van der Waals surface area contributed by atoms with Gasteiger partial charge in [0.2, 0.25) is 11.8 Å². The monoisotopic (exact) mass is 726 g/mol. The molecule has 0 spiro atoms. The van der Waals surface area contributed by atoms with Crippen molar-refractivity contribution in [3.05, 3.63) is 89.0 Å². The molecule has 1 aliphatic heterocycles. The lowest BCUT2D eigenvalue weighted by Gasteiger charge is -2.33. The van der Waals surface area contributed by atoms with Crippen LogP contribution < -0.4 is 5.32 Å². The molecule has 3 aliphatic carbocycles. The summed E-state index contributed by atoms with van der Waals surface area (Å²) < 4.78 is 61.2. The maximum Gasteiger partial charge on any atom is 0.422 e. The number of ether oxygens (including phenoxy) is 4. The Morgan fingerprint density at radius 2 is 1.69 bits per heavy atom. The zero-order chi connectivity index (χ0) is 37.0. The number of aliphatic hydroxyl groups is 1. The van der Waals surface area contributed by atoms with E-state index in [9.17, 15) is 37.5 Å². The Bertz CT molecular complexity index is 1690. The maximum absolute atomic E-state index is 14.2. The van der Waals surface area contributed by atoms with Crippen molar-refractivity contribution in [2.24, 2.45) is 11.8 Å². The molecule has 2 saturated carbocycles. The molecule has 0 aromatic heterocycles. The van der Waals surface area contributed by atoms with Gasteiger partial charge in [-0.05, 0) is 55.0 Å². The third-order valence-electron chi connectivity index (χ3n) is 9.67. The summed E-state index contributed by atoms with van der Waals surface area (Å²) in [6, 6.07) is 14.4. The number of esters is 2. The molecule has 11 nitrogen and oxygen atoms in total. The highest BCUT2D eigenvalue weighted by Gasteiger charge is 2.64. The molecular formula is C38H41F3N2O9. The Balaban J connectivity index is 1.25. The third-order valence-corrected chi connectivity index (χ3v) is 9.67. The topological polar surface area (TPSA) is 141 Å². The van der Waals surface area contributed by atoms with Gasteiger partial charge in [0.25, 0.3) is 0 Å². The van der Waals surface area contributed by atoms with Crippen molar-refractivity contribution in [1.82, 2.24) is 10.2 Å². The van der Waals surface area contributed by atoms with Gasteiger partial charge in [0.1, 0.15) is 24.4 Å². The SMILES string of the molecule is CN(C(=O)C1=C[C@H]2OC(C3CC3)(C3CC3)O[C@H]2[C@H](OC(=O)c2ccccc2C=CC(=O)OCC(F)(F)F)C1)[C@H](Cc1ccccc1)C(=O)NCCO. The van der Waals surface area contributed by atoms with Gasteiger partial charge in [0, 0.05) is 49.9 Å². The molecule has 2 amide bonds. The molecular weight excluding hydrogens is 685 g/mol. The lowest BCUT2D eigenvalue weighted by Crippen LogP contribution is -2.51. The highest BCUT2D eigenvalue weighted by molar-refractivity contribution is 5.98. The van der Waals surface area contributed by atoms with Crippen molar-refractivity contribution < 1.29 is 56.4 Å². The number of hydrogen-bond acceptors (Lipinski definition) is 9. The van der Waals surface area contributed by atoms with Crippen LogP contribution in [0.3, 0.4) is 0 Å². The number of alkyl halides is 3. The fraction of sp³-hybridized carbons (Fsp3) is 0.474. The summed E-state index contributed by atoms with van der Waals surface area (Å²) in [4.78, 5) is 54.6. The lowest BCUT2D eigenvalue weighted by atomic mass is 9.90. The number of amides is 2. The first-order chi connectivity index (χ1) is 24.9. The molecule has 52 heavy (non-hydrogen) atoms. The molecule has 278 valence electrons. The standard InChI is InChI=1S/C38H41F3N2O9/c1-43(29(34(46)42-17-18-44)19-23-7-3-2-4-8-23)35(47)25-20-30(33-31(21-25)51-38(52-33,26-12-13-26)27-14-15-27)50-36(48)28-10-6-5-9-24(28)11-16-32(45)49-22-37(39,40)41/h2-11,16,21,26-27,29-31,33,44H,12-15,17-20,22H2,1H3,(H,42,46)/t29-,30-,31-,33+/m1/s1. The van der Waals surface area contributed by atoms with Gasteiger partial charge in [-0.25, -0.2) is 9.59 Å². The van der Waals surface area contributed by atoms with Gasteiger partial charge in [-0.15, -0.1) is 0 Å². The van der Waals surface area contributed by atoms with E-state index in [1.807, 2.05) is 30.3 Å². The van der Waals surface area contributed by atoms with Gasteiger partial charge in [-0.1, -0.05) is 48.5 Å². The number of nitrogens with zero attached hydrogens (tertiary/aromatic N) is 1. The Morgan fingerprint density at radius 3 is 2.35 bits per heavy atom. The van der Waals surface area contributed by atoms with Crippen LogP contribution >= 0.6 is 0 Å². The van der Waals surface area contributed by atoms with E-state index >= 15 is 0 Å². The quantitative estimate of drug-likeness (QED) is 0.217. The summed E-state index contributed by atoms with van der Waals surface area (Å²) in [6.45, 7) is -2.01. The molecule has 2 aromatic carbocycles. The second-order valence-electron chi connectivity index (χ2n) is 13.6. The fourth-order valence-electron chi connectivity index (χ4n) is 6.86. The van der Waals surface area contributed by atoms with Crippen LogP contribution in [-0.4, -0.2) is 96.9 Å². The molecule has 1 heterocycles. The molecule has 4 atom stereocenters. The van der Waals surface area contributed by atoms with E-state index in [0.29, 0.717) is 0 Å². The average molecular weight is 727 g/mol. The second kappa shape index (κ2) is 15.6. The number of fused-ring (bicyclic) bond motifs is 1. The smallest absolute Gasteiger partial charge is 0.422 e. The zero-order valence-electron chi connectivity index (χ0n) is 28.6. The van der Waals surface area contributed by atoms with Crippen LogP contribution in [0.1, 0.15) is 53.6 Å². The molecule has 2 N–H and O–H groups in total. The van der Waals surface area contributed by atoms with Gasteiger partial charge in [-0.2, -0.15) is 13.2 Å². The number of carbonyl (C=O) groups excluding carboxylic acids is 4. The second-order valence-corrected chi connectivity index (χ2v) is 13.6.